The van der Waals surface area contributed by atoms with E-state index in [1.807, 2.05) is 24.4 Å². The maximum atomic E-state index is 5.66. The molecule has 0 aliphatic rings. The largest absolute Gasteiger partial charge is 0.419 e. The summed E-state index contributed by atoms with van der Waals surface area (Å²) < 4.78 is 6.71. The van der Waals surface area contributed by atoms with Crippen LogP contribution in [0.1, 0.15) is 11.6 Å². The summed E-state index contributed by atoms with van der Waals surface area (Å²) in [6, 6.07) is 3.92. The van der Waals surface area contributed by atoms with E-state index in [4.69, 9.17) is 10.2 Å². The van der Waals surface area contributed by atoms with Crippen molar-refractivity contribution in [3.8, 4) is 10.8 Å². The van der Waals surface area contributed by atoms with Crippen molar-refractivity contribution in [2.45, 2.75) is 16.9 Å². The van der Waals surface area contributed by atoms with Crippen LogP contribution >= 0.6 is 34.4 Å². The van der Waals surface area contributed by atoms with Gasteiger partial charge in [-0.15, -0.1) is 33.3 Å². The fourth-order valence-electron chi connectivity index (χ4n) is 1.48. The Hall–Kier alpha value is -1.38. The van der Waals surface area contributed by atoms with Crippen molar-refractivity contribution in [3.63, 3.8) is 0 Å². The van der Waals surface area contributed by atoms with Crippen LogP contribution in [-0.4, -0.2) is 15.2 Å². The fourth-order valence-corrected chi connectivity index (χ4v) is 3.98. The fraction of sp³-hybridized carbons (Fsp3) is 0.182. The van der Waals surface area contributed by atoms with E-state index in [1.54, 1.807) is 23.1 Å². The molecule has 19 heavy (non-hydrogen) atoms. The summed E-state index contributed by atoms with van der Waals surface area (Å²) in [7, 11) is 0. The van der Waals surface area contributed by atoms with Gasteiger partial charge in [-0.25, -0.2) is 4.98 Å². The lowest BCUT2D eigenvalue weighted by molar-refractivity contribution is 0.529. The van der Waals surface area contributed by atoms with Gasteiger partial charge in [0.05, 0.1) is 20.5 Å². The molecule has 2 N–H and O–H groups in total. The molecule has 0 saturated carbocycles. The second kappa shape index (κ2) is 5.32. The van der Waals surface area contributed by atoms with Gasteiger partial charge in [-0.3, -0.25) is 0 Å². The van der Waals surface area contributed by atoms with Crippen LogP contribution in [0.15, 0.2) is 26.1 Å². The third kappa shape index (κ3) is 2.80. The van der Waals surface area contributed by atoms with Crippen molar-refractivity contribution in [1.82, 2.24) is 15.2 Å². The first-order valence-electron chi connectivity index (χ1n) is 5.44. The Morgan fingerprint density at radius 3 is 3.00 bits per heavy atom. The monoisotopic (exact) mass is 310 g/mol. The molecule has 98 valence electrons. The van der Waals surface area contributed by atoms with Crippen molar-refractivity contribution in [2.24, 2.45) is 0 Å². The highest BCUT2D eigenvalue weighted by atomic mass is 32.2. The number of anilines is 1. The van der Waals surface area contributed by atoms with E-state index < -0.39 is 0 Å². The van der Waals surface area contributed by atoms with Crippen molar-refractivity contribution >= 4 is 39.6 Å². The highest BCUT2D eigenvalue weighted by Crippen LogP contribution is 2.33. The molecule has 3 aromatic rings. The Bertz CT molecular complexity index is 674. The highest BCUT2D eigenvalue weighted by molar-refractivity contribution is 8.00. The van der Waals surface area contributed by atoms with Gasteiger partial charge in [0.15, 0.2) is 5.13 Å². The molecule has 5 nitrogen and oxygen atoms in total. The topological polar surface area (TPSA) is 77.8 Å². The predicted octanol–water partition coefficient (Wildman–Crippen LogP) is 3.44. The molecule has 3 rings (SSSR count). The first kappa shape index (κ1) is 12.6. The Morgan fingerprint density at radius 2 is 2.32 bits per heavy atom. The molecule has 0 unspecified atom stereocenters. The van der Waals surface area contributed by atoms with E-state index in [-0.39, 0.29) is 0 Å². The maximum absolute atomic E-state index is 5.66. The molecular weight excluding hydrogens is 300 g/mol. The van der Waals surface area contributed by atoms with Crippen LogP contribution in [-0.2, 0) is 5.75 Å². The Kier molecular flexibility index (Phi) is 3.54. The Balaban J connectivity index is 1.69. The lowest BCUT2D eigenvalue weighted by Crippen LogP contribution is -1.81. The van der Waals surface area contributed by atoms with Gasteiger partial charge in [-0.05, 0) is 18.4 Å². The van der Waals surface area contributed by atoms with E-state index >= 15 is 0 Å². The average molecular weight is 310 g/mol. The molecule has 0 atom stereocenters. The molecule has 3 aromatic heterocycles. The molecule has 0 bridgehead atoms. The van der Waals surface area contributed by atoms with E-state index in [0.717, 1.165) is 14.8 Å². The molecule has 3 heterocycles. The summed E-state index contributed by atoms with van der Waals surface area (Å²) in [6.07, 6.45) is 0. The third-order valence-electron chi connectivity index (χ3n) is 2.30. The molecule has 0 amide bonds. The van der Waals surface area contributed by atoms with E-state index in [1.165, 1.54) is 11.3 Å². The summed E-state index contributed by atoms with van der Waals surface area (Å²) in [5.74, 6) is 1.81. The molecule has 0 radical (unpaired) electrons. The summed E-state index contributed by atoms with van der Waals surface area (Å²) in [4.78, 5) is 5.17. The van der Waals surface area contributed by atoms with Crippen LogP contribution in [0.4, 0.5) is 5.13 Å². The van der Waals surface area contributed by atoms with Gasteiger partial charge in [0.1, 0.15) is 0 Å². The average Bonchev–Trinajstić information content (AvgIpc) is 3.07. The van der Waals surface area contributed by atoms with Crippen molar-refractivity contribution < 1.29 is 4.42 Å². The molecule has 0 aromatic carbocycles. The number of nitrogen functional groups attached to an aromatic ring is 1. The van der Waals surface area contributed by atoms with Gasteiger partial charge in [-0.1, -0.05) is 17.4 Å². The molecule has 8 heteroatoms. The molecule has 0 fully saturated rings. The van der Waals surface area contributed by atoms with Crippen LogP contribution in [0.25, 0.3) is 10.8 Å². The Morgan fingerprint density at radius 1 is 1.42 bits per heavy atom. The third-order valence-corrected chi connectivity index (χ3v) is 5.49. The SMILES string of the molecule is Cc1nc(N)sc1SCc1nnc(-c2cccs2)o1. The van der Waals surface area contributed by atoms with Gasteiger partial charge in [0, 0.05) is 0 Å². The normalized spacial score (nSPS) is 11.0. The van der Waals surface area contributed by atoms with Crippen LogP contribution in [0.3, 0.4) is 0 Å². The van der Waals surface area contributed by atoms with E-state index in [2.05, 4.69) is 15.2 Å². The number of nitrogens with two attached hydrogens (primary N) is 1. The highest BCUT2D eigenvalue weighted by Gasteiger charge is 2.12. The van der Waals surface area contributed by atoms with E-state index in [9.17, 15) is 0 Å². The number of thioether (sulfide) groups is 1. The van der Waals surface area contributed by atoms with Gasteiger partial charge in [0.25, 0.3) is 5.89 Å². The van der Waals surface area contributed by atoms with Gasteiger partial charge < -0.3 is 10.2 Å². The standard InChI is InChI=1S/C11H10N4OS3/c1-6-10(19-11(12)13-6)18-5-8-14-15-9(16-8)7-3-2-4-17-7/h2-4H,5H2,1H3,(H2,12,13). The predicted molar refractivity (Wildman–Crippen MR) is 78.4 cm³/mol. The smallest absolute Gasteiger partial charge is 0.257 e. The number of aryl methyl sites for hydroxylation is 1. The molecule has 0 aliphatic carbocycles. The zero-order valence-electron chi connectivity index (χ0n) is 9.99. The lowest BCUT2D eigenvalue weighted by Gasteiger charge is -1.94. The number of rotatable bonds is 4. The number of thiazole rings is 1. The summed E-state index contributed by atoms with van der Waals surface area (Å²) >= 11 is 4.68. The van der Waals surface area contributed by atoms with E-state index in [0.29, 0.717) is 22.7 Å². The minimum absolute atomic E-state index is 0.575. The number of nitrogens with zero attached hydrogens (tertiary/aromatic N) is 3. The lowest BCUT2D eigenvalue weighted by atomic mass is 10.5. The molecule has 0 saturated heterocycles. The van der Waals surface area contributed by atoms with Crippen LogP contribution in [0.2, 0.25) is 0 Å². The number of thiophene rings is 1. The second-order valence-corrected chi connectivity index (χ2v) is 6.91. The second-order valence-electron chi connectivity index (χ2n) is 3.69. The number of aromatic nitrogens is 3. The van der Waals surface area contributed by atoms with Crippen molar-refractivity contribution in [3.05, 3.63) is 29.1 Å². The molecule has 0 aliphatic heterocycles. The van der Waals surface area contributed by atoms with Crippen LogP contribution in [0, 0.1) is 6.92 Å². The number of hydrogen-bond donors (Lipinski definition) is 1. The first-order chi connectivity index (χ1) is 9.22. The summed E-state index contributed by atoms with van der Waals surface area (Å²) in [5, 5.41) is 10.7. The van der Waals surface area contributed by atoms with Crippen LogP contribution in [0.5, 0.6) is 0 Å². The maximum Gasteiger partial charge on any atom is 0.257 e. The van der Waals surface area contributed by atoms with Gasteiger partial charge in [-0.2, -0.15) is 0 Å². The van der Waals surface area contributed by atoms with Crippen LogP contribution < -0.4 is 5.73 Å². The summed E-state index contributed by atoms with van der Waals surface area (Å²) in [6.45, 7) is 1.94. The quantitative estimate of drug-likeness (QED) is 0.744. The molecular formula is C11H10N4OS3. The van der Waals surface area contributed by atoms with Crippen molar-refractivity contribution in [2.75, 3.05) is 5.73 Å². The number of hydrogen-bond acceptors (Lipinski definition) is 8. The van der Waals surface area contributed by atoms with Gasteiger partial charge >= 0.3 is 0 Å². The van der Waals surface area contributed by atoms with Gasteiger partial charge in [0.2, 0.25) is 5.89 Å². The zero-order chi connectivity index (χ0) is 13.2. The molecule has 0 spiro atoms. The minimum atomic E-state index is 0.575. The zero-order valence-corrected chi connectivity index (χ0v) is 12.4. The first-order valence-corrected chi connectivity index (χ1v) is 8.12. The van der Waals surface area contributed by atoms with Crippen molar-refractivity contribution in [1.29, 1.82) is 0 Å². The minimum Gasteiger partial charge on any atom is -0.419 e. The summed E-state index contributed by atoms with van der Waals surface area (Å²) in [5.41, 5.74) is 6.61. The Labute approximate surface area is 121 Å².